The van der Waals surface area contributed by atoms with Crippen molar-refractivity contribution < 1.29 is 8.95 Å². The van der Waals surface area contributed by atoms with Crippen molar-refractivity contribution in [2.45, 2.75) is 25.4 Å². The molecule has 0 aliphatic heterocycles. The molecule has 106 valence electrons. The van der Waals surface area contributed by atoms with Crippen LogP contribution in [0, 0.1) is 6.92 Å². The van der Waals surface area contributed by atoms with E-state index in [9.17, 15) is 4.21 Å². The molecule has 2 rings (SSSR count). The summed E-state index contributed by atoms with van der Waals surface area (Å²) in [6.07, 6.45) is 0. The second-order valence-electron chi connectivity index (χ2n) is 4.75. The van der Waals surface area contributed by atoms with Crippen LogP contribution in [-0.2, 0) is 22.3 Å². The summed E-state index contributed by atoms with van der Waals surface area (Å²) in [6, 6.07) is 16.0. The summed E-state index contributed by atoms with van der Waals surface area (Å²) in [5.41, 5.74) is 3.35. The summed E-state index contributed by atoms with van der Waals surface area (Å²) >= 11 is 0. The highest BCUT2D eigenvalue weighted by molar-refractivity contribution is 7.83. The molecule has 0 amide bonds. The van der Waals surface area contributed by atoms with Crippen molar-refractivity contribution in [3.8, 4) is 5.75 Å². The van der Waals surface area contributed by atoms with E-state index < -0.39 is 10.8 Å². The van der Waals surface area contributed by atoms with Gasteiger partial charge in [-0.25, -0.2) is 0 Å². The lowest BCUT2D eigenvalue weighted by Gasteiger charge is -2.10. The van der Waals surface area contributed by atoms with Crippen LogP contribution in [0.4, 0.5) is 0 Å². The van der Waals surface area contributed by atoms with Crippen molar-refractivity contribution >= 4 is 10.8 Å². The monoisotopic (exact) mass is 288 g/mol. The number of hydrogen-bond acceptors (Lipinski definition) is 2. The maximum absolute atomic E-state index is 12.3. The van der Waals surface area contributed by atoms with Gasteiger partial charge in [-0.1, -0.05) is 48.0 Å². The van der Waals surface area contributed by atoms with Gasteiger partial charge in [0.15, 0.2) is 0 Å². The molecule has 2 aromatic carbocycles. The first-order chi connectivity index (χ1) is 9.69. The molecule has 2 aromatic rings. The zero-order chi connectivity index (χ0) is 14.4. The predicted octanol–water partition coefficient (Wildman–Crippen LogP) is 3.84. The molecule has 20 heavy (non-hydrogen) atoms. The van der Waals surface area contributed by atoms with Crippen LogP contribution in [0.5, 0.6) is 5.75 Å². The number of rotatable bonds is 6. The zero-order valence-electron chi connectivity index (χ0n) is 12.0. The van der Waals surface area contributed by atoms with E-state index in [1.54, 1.807) is 0 Å². The van der Waals surface area contributed by atoms with Gasteiger partial charge in [0.25, 0.3) is 0 Å². The van der Waals surface area contributed by atoms with Crippen LogP contribution in [0.2, 0.25) is 0 Å². The lowest BCUT2D eigenvalue weighted by Crippen LogP contribution is -2.02. The molecule has 0 bridgehead atoms. The lowest BCUT2D eigenvalue weighted by atomic mass is 10.2. The van der Waals surface area contributed by atoms with Gasteiger partial charge >= 0.3 is 0 Å². The molecule has 0 saturated carbocycles. The van der Waals surface area contributed by atoms with E-state index in [1.165, 1.54) is 5.56 Å². The van der Waals surface area contributed by atoms with Crippen molar-refractivity contribution in [1.82, 2.24) is 0 Å². The fourth-order valence-electron chi connectivity index (χ4n) is 2.01. The second kappa shape index (κ2) is 7.25. The molecular weight excluding hydrogens is 268 g/mol. The van der Waals surface area contributed by atoms with Crippen molar-refractivity contribution in [2.24, 2.45) is 0 Å². The maximum atomic E-state index is 12.3. The molecule has 0 fully saturated rings. The third-order valence-electron chi connectivity index (χ3n) is 3.04. The fraction of sp³-hybridized carbons (Fsp3) is 0.294. The Bertz CT molecular complexity index is 576. The van der Waals surface area contributed by atoms with E-state index in [2.05, 4.69) is 19.1 Å². The van der Waals surface area contributed by atoms with E-state index in [1.807, 2.05) is 43.3 Å². The van der Waals surface area contributed by atoms with Gasteiger partial charge in [0.1, 0.15) is 5.75 Å². The number of para-hydroxylation sites is 1. The van der Waals surface area contributed by atoms with Gasteiger partial charge in [-0.15, -0.1) is 0 Å². The summed E-state index contributed by atoms with van der Waals surface area (Å²) < 4.78 is 17.8. The number of benzene rings is 2. The first-order valence-electron chi connectivity index (χ1n) is 6.80. The Morgan fingerprint density at radius 1 is 1.00 bits per heavy atom. The van der Waals surface area contributed by atoms with E-state index in [4.69, 9.17) is 4.74 Å². The highest BCUT2D eigenvalue weighted by Gasteiger charge is 2.08. The fourth-order valence-corrected chi connectivity index (χ4v) is 3.27. The molecule has 0 saturated heterocycles. The minimum Gasteiger partial charge on any atom is -0.494 e. The minimum absolute atomic E-state index is 0.532. The van der Waals surface area contributed by atoms with E-state index in [0.29, 0.717) is 18.1 Å². The Balaban J connectivity index is 2.02. The molecule has 0 radical (unpaired) electrons. The molecule has 0 heterocycles. The van der Waals surface area contributed by atoms with Crippen molar-refractivity contribution in [1.29, 1.82) is 0 Å². The summed E-state index contributed by atoms with van der Waals surface area (Å²) in [5.74, 6) is 1.96. The number of aryl methyl sites for hydroxylation is 1. The molecule has 0 aromatic heterocycles. The van der Waals surface area contributed by atoms with Crippen LogP contribution in [0.3, 0.4) is 0 Å². The average Bonchev–Trinajstić information content (AvgIpc) is 2.44. The second-order valence-corrected chi connectivity index (χ2v) is 6.21. The Labute approximate surface area is 123 Å². The van der Waals surface area contributed by atoms with E-state index >= 15 is 0 Å². The SMILES string of the molecule is CCOc1ccccc1CS(=O)Cc1ccc(C)cc1. The molecule has 0 aliphatic rings. The third kappa shape index (κ3) is 4.20. The standard InChI is InChI=1S/C17H20O2S/c1-3-19-17-7-5-4-6-16(17)13-20(18)12-15-10-8-14(2)9-11-15/h4-11H,3,12-13H2,1-2H3. The van der Waals surface area contributed by atoms with Gasteiger partial charge in [-0.05, 0) is 25.5 Å². The van der Waals surface area contributed by atoms with Crippen LogP contribution in [0.25, 0.3) is 0 Å². The summed E-state index contributed by atoms with van der Waals surface area (Å²) in [5, 5.41) is 0. The molecule has 0 N–H and O–H groups in total. The molecule has 0 spiro atoms. The van der Waals surface area contributed by atoms with Crippen LogP contribution >= 0.6 is 0 Å². The largest absolute Gasteiger partial charge is 0.494 e. The Kier molecular flexibility index (Phi) is 5.36. The molecule has 0 aliphatic carbocycles. The van der Waals surface area contributed by atoms with Gasteiger partial charge in [0, 0.05) is 22.1 Å². The van der Waals surface area contributed by atoms with Gasteiger partial charge in [-0.2, -0.15) is 0 Å². The number of hydrogen-bond donors (Lipinski definition) is 0. The predicted molar refractivity (Wildman–Crippen MR) is 84.3 cm³/mol. The van der Waals surface area contributed by atoms with Crippen molar-refractivity contribution in [2.75, 3.05) is 6.61 Å². The summed E-state index contributed by atoms with van der Waals surface area (Å²) in [6.45, 7) is 4.64. The van der Waals surface area contributed by atoms with Gasteiger partial charge in [-0.3, -0.25) is 4.21 Å². The Morgan fingerprint density at radius 3 is 2.40 bits per heavy atom. The van der Waals surface area contributed by atoms with Crippen LogP contribution in [0.1, 0.15) is 23.6 Å². The van der Waals surface area contributed by atoms with Crippen LogP contribution in [0.15, 0.2) is 48.5 Å². The molecule has 1 unspecified atom stereocenters. The summed E-state index contributed by atoms with van der Waals surface area (Å²) in [4.78, 5) is 0. The average molecular weight is 288 g/mol. The molecule has 2 nitrogen and oxygen atoms in total. The maximum Gasteiger partial charge on any atom is 0.123 e. The lowest BCUT2D eigenvalue weighted by molar-refractivity contribution is 0.337. The normalized spacial score (nSPS) is 12.1. The minimum atomic E-state index is -0.922. The highest BCUT2D eigenvalue weighted by atomic mass is 32.2. The first kappa shape index (κ1) is 14.8. The third-order valence-corrected chi connectivity index (χ3v) is 4.33. The quantitative estimate of drug-likeness (QED) is 0.807. The molecule has 3 heteroatoms. The van der Waals surface area contributed by atoms with Gasteiger partial charge in [0.2, 0.25) is 0 Å². The van der Waals surface area contributed by atoms with Crippen LogP contribution in [-0.4, -0.2) is 10.8 Å². The molecule has 1 atom stereocenters. The smallest absolute Gasteiger partial charge is 0.123 e. The Hall–Kier alpha value is -1.61. The molecular formula is C17H20O2S. The van der Waals surface area contributed by atoms with Gasteiger partial charge < -0.3 is 4.74 Å². The highest BCUT2D eigenvalue weighted by Crippen LogP contribution is 2.20. The number of ether oxygens (including phenoxy) is 1. The first-order valence-corrected chi connectivity index (χ1v) is 8.29. The van der Waals surface area contributed by atoms with E-state index in [-0.39, 0.29) is 0 Å². The van der Waals surface area contributed by atoms with E-state index in [0.717, 1.165) is 16.9 Å². The van der Waals surface area contributed by atoms with Crippen LogP contribution < -0.4 is 4.74 Å². The topological polar surface area (TPSA) is 26.3 Å². The van der Waals surface area contributed by atoms with Gasteiger partial charge in [0.05, 0.1) is 12.4 Å². The zero-order valence-corrected chi connectivity index (χ0v) is 12.8. The Morgan fingerprint density at radius 2 is 1.70 bits per heavy atom. The summed E-state index contributed by atoms with van der Waals surface area (Å²) in [7, 11) is -0.922. The van der Waals surface area contributed by atoms with Crippen molar-refractivity contribution in [3.05, 3.63) is 65.2 Å². The van der Waals surface area contributed by atoms with Crippen molar-refractivity contribution in [3.63, 3.8) is 0 Å².